The molecule has 1 aliphatic heterocycles. The number of aromatic nitrogens is 2. The van der Waals surface area contributed by atoms with Crippen LogP contribution in [0.25, 0.3) is 5.76 Å². The molecule has 10 heteroatoms. The van der Waals surface area contributed by atoms with Gasteiger partial charge in [0, 0.05) is 21.4 Å². The van der Waals surface area contributed by atoms with Gasteiger partial charge in [-0.15, -0.1) is 10.2 Å². The number of halogens is 2. The molecule has 1 unspecified atom stereocenters. The van der Waals surface area contributed by atoms with E-state index in [1.54, 1.807) is 48.5 Å². The number of hydrogen-bond acceptors (Lipinski definition) is 7. The number of rotatable bonds is 6. The van der Waals surface area contributed by atoms with Gasteiger partial charge in [-0.2, -0.15) is 0 Å². The second-order valence-corrected chi connectivity index (χ2v) is 10.1. The summed E-state index contributed by atoms with van der Waals surface area (Å²) >= 11 is 14.8. The van der Waals surface area contributed by atoms with Crippen LogP contribution in [0.15, 0.2) is 58.4 Å². The minimum absolute atomic E-state index is 0.0300. The van der Waals surface area contributed by atoms with Gasteiger partial charge in [-0.05, 0) is 48.4 Å². The predicted octanol–water partition coefficient (Wildman–Crippen LogP) is 5.97. The highest BCUT2D eigenvalue weighted by Gasteiger charge is 2.48. The summed E-state index contributed by atoms with van der Waals surface area (Å²) in [5.74, 6) is -0.989. The number of amides is 1. The maximum Gasteiger partial charge on any atom is 0.301 e. The number of Topliss-reactive ketones (excluding diaryl/α,β-unsaturated/α-hetero) is 1. The van der Waals surface area contributed by atoms with Crippen LogP contribution >= 0.6 is 46.3 Å². The summed E-state index contributed by atoms with van der Waals surface area (Å²) in [6.07, 6.45) is 0.968. The van der Waals surface area contributed by atoms with Crippen LogP contribution in [0.2, 0.25) is 10.0 Å². The van der Waals surface area contributed by atoms with Crippen LogP contribution in [0.3, 0.4) is 0 Å². The summed E-state index contributed by atoms with van der Waals surface area (Å²) in [6, 6.07) is 12.3. The summed E-state index contributed by atoms with van der Waals surface area (Å²) in [4.78, 5) is 27.5. The van der Waals surface area contributed by atoms with Crippen molar-refractivity contribution in [2.45, 2.75) is 23.7 Å². The zero-order chi connectivity index (χ0) is 22.8. The first-order valence-corrected chi connectivity index (χ1v) is 12.2. The summed E-state index contributed by atoms with van der Waals surface area (Å²) in [6.45, 7) is 2.06. The number of hydrogen-bond donors (Lipinski definition) is 1. The highest BCUT2D eigenvalue weighted by Crippen LogP contribution is 2.44. The monoisotopic (exact) mass is 505 g/mol. The normalized spacial score (nSPS) is 17.8. The number of thioether (sulfide) groups is 1. The van der Waals surface area contributed by atoms with Gasteiger partial charge in [-0.25, -0.2) is 0 Å². The van der Waals surface area contributed by atoms with Gasteiger partial charge in [0.25, 0.3) is 5.78 Å². The molecule has 1 N–H and O–H groups in total. The topological polar surface area (TPSA) is 83.4 Å². The first kappa shape index (κ1) is 22.8. The molecule has 3 aromatic rings. The minimum Gasteiger partial charge on any atom is -0.507 e. The van der Waals surface area contributed by atoms with Gasteiger partial charge >= 0.3 is 5.91 Å². The molecule has 0 radical (unpaired) electrons. The third kappa shape index (κ3) is 4.41. The Hall–Kier alpha value is -2.39. The van der Waals surface area contributed by atoms with Crippen molar-refractivity contribution >= 4 is 68.9 Å². The molecule has 6 nitrogen and oxygen atoms in total. The average molecular weight is 506 g/mol. The van der Waals surface area contributed by atoms with E-state index < -0.39 is 17.7 Å². The molecule has 1 saturated heterocycles. The first-order chi connectivity index (χ1) is 15.4. The fourth-order valence-corrected chi connectivity index (χ4v) is 5.35. The zero-order valence-corrected chi connectivity index (χ0v) is 19.9. The van der Waals surface area contributed by atoms with Gasteiger partial charge in [0.2, 0.25) is 5.13 Å². The fourth-order valence-electron chi connectivity index (χ4n) is 3.30. The van der Waals surface area contributed by atoms with E-state index in [9.17, 15) is 14.7 Å². The van der Waals surface area contributed by atoms with Gasteiger partial charge in [0.1, 0.15) is 5.76 Å². The lowest BCUT2D eigenvalue weighted by Gasteiger charge is -2.22. The molecular weight excluding hydrogens is 489 g/mol. The van der Waals surface area contributed by atoms with Crippen LogP contribution in [-0.4, -0.2) is 32.7 Å². The van der Waals surface area contributed by atoms with Crippen LogP contribution in [0.4, 0.5) is 5.13 Å². The van der Waals surface area contributed by atoms with Crippen LogP contribution in [0.1, 0.15) is 30.5 Å². The minimum atomic E-state index is -0.875. The molecule has 0 bridgehead atoms. The number of nitrogens with zero attached hydrogens (tertiary/aromatic N) is 3. The SMILES string of the molecule is CCCSc1nnc(N2C(=O)C(=O)/C(=C(/O)c3ccc(Cl)cc3)C2c2ccc(Cl)cc2)s1. The Balaban J connectivity index is 1.86. The van der Waals surface area contributed by atoms with E-state index in [0.717, 1.165) is 12.2 Å². The van der Waals surface area contributed by atoms with Crippen LogP contribution < -0.4 is 4.90 Å². The quantitative estimate of drug-likeness (QED) is 0.146. The van der Waals surface area contributed by atoms with E-state index in [2.05, 4.69) is 17.1 Å². The Labute approximate surface area is 202 Å². The Kier molecular flexibility index (Phi) is 6.85. The molecule has 32 heavy (non-hydrogen) atoms. The van der Waals surface area contributed by atoms with Crippen LogP contribution in [0, 0.1) is 0 Å². The second kappa shape index (κ2) is 9.62. The smallest absolute Gasteiger partial charge is 0.301 e. The summed E-state index contributed by atoms with van der Waals surface area (Å²) in [5, 5.41) is 20.6. The van der Waals surface area contributed by atoms with E-state index >= 15 is 0 Å². The second-order valence-electron chi connectivity index (χ2n) is 6.93. The number of benzene rings is 2. The van der Waals surface area contributed by atoms with Crippen molar-refractivity contribution in [1.82, 2.24) is 10.2 Å². The Morgan fingerprint density at radius 1 is 1.06 bits per heavy atom. The summed E-state index contributed by atoms with van der Waals surface area (Å²) in [7, 11) is 0. The van der Waals surface area contributed by atoms with Gasteiger partial charge in [-0.1, -0.05) is 65.4 Å². The molecule has 1 aromatic heterocycles. The molecule has 2 heterocycles. The van der Waals surface area contributed by atoms with E-state index in [4.69, 9.17) is 23.2 Å². The molecule has 0 saturated carbocycles. The number of anilines is 1. The molecule has 1 fully saturated rings. The largest absolute Gasteiger partial charge is 0.507 e. The lowest BCUT2D eigenvalue weighted by molar-refractivity contribution is -0.132. The van der Waals surface area contributed by atoms with Crippen molar-refractivity contribution in [3.8, 4) is 0 Å². The molecule has 0 spiro atoms. The Morgan fingerprint density at radius 3 is 2.31 bits per heavy atom. The number of carbonyl (C=O) groups is 2. The summed E-state index contributed by atoms with van der Waals surface area (Å²) in [5.41, 5.74) is 0.961. The molecule has 1 atom stereocenters. The maximum absolute atomic E-state index is 13.1. The molecule has 4 rings (SSSR count). The molecule has 164 valence electrons. The van der Waals surface area contributed by atoms with E-state index in [0.29, 0.717) is 30.6 Å². The van der Waals surface area contributed by atoms with E-state index in [1.807, 2.05) is 0 Å². The highest BCUT2D eigenvalue weighted by atomic mass is 35.5. The standard InChI is InChI=1S/C22H17Cl2N3O3S2/c1-2-11-31-22-26-25-21(32-22)27-17(12-3-7-14(23)8-4-12)16(19(29)20(27)30)18(28)13-5-9-15(24)10-6-13/h3-10,17,28H,2,11H2,1H3/b18-16+. The number of aliphatic hydroxyl groups excluding tert-OH is 1. The predicted molar refractivity (Wildman–Crippen MR) is 129 cm³/mol. The van der Waals surface area contributed by atoms with E-state index in [1.165, 1.54) is 28.0 Å². The Morgan fingerprint density at radius 2 is 1.69 bits per heavy atom. The van der Waals surface area contributed by atoms with Gasteiger partial charge in [-0.3, -0.25) is 14.5 Å². The van der Waals surface area contributed by atoms with Crippen molar-refractivity contribution in [3.05, 3.63) is 75.3 Å². The molecule has 2 aromatic carbocycles. The lowest BCUT2D eigenvalue weighted by atomic mass is 9.95. The third-order valence-corrected chi connectivity index (χ3v) is 7.55. The van der Waals surface area contributed by atoms with Crippen LogP contribution in [0.5, 0.6) is 0 Å². The molecule has 1 amide bonds. The number of ketones is 1. The maximum atomic E-state index is 13.1. The summed E-state index contributed by atoms with van der Waals surface area (Å²) < 4.78 is 0.705. The van der Waals surface area contributed by atoms with Crippen molar-refractivity contribution in [2.75, 3.05) is 10.7 Å². The number of aliphatic hydroxyl groups is 1. The van der Waals surface area contributed by atoms with Crippen molar-refractivity contribution in [2.24, 2.45) is 0 Å². The molecule has 0 aliphatic carbocycles. The van der Waals surface area contributed by atoms with Crippen LogP contribution in [-0.2, 0) is 9.59 Å². The lowest BCUT2D eigenvalue weighted by Crippen LogP contribution is -2.29. The fraction of sp³-hybridized carbons (Fsp3) is 0.182. The van der Waals surface area contributed by atoms with E-state index in [-0.39, 0.29) is 11.3 Å². The van der Waals surface area contributed by atoms with Crippen molar-refractivity contribution in [3.63, 3.8) is 0 Å². The van der Waals surface area contributed by atoms with Gasteiger partial charge in [0.05, 0.1) is 11.6 Å². The molecular formula is C22H17Cl2N3O3S2. The van der Waals surface area contributed by atoms with Gasteiger partial charge in [0.15, 0.2) is 4.34 Å². The number of carbonyl (C=O) groups excluding carboxylic acids is 2. The third-order valence-electron chi connectivity index (χ3n) is 4.78. The Bertz CT molecular complexity index is 1190. The van der Waals surface area contributed by atoms with Crippen molar-refractivity contribution < 1.29 is 14.7 Å². The van der Waals surface area contributed by atoms with Gasteiger partial charge < -0.3 is 5.11 Å². The average Bonchev–Trinajstić information content (AvgIpc) is 3.35. The zero-order valence-electron chi connectivity index (χ0n) is 16.8. The van der Waals surface area contributed by atoms with Crippen molar-refractivity contribution in [1.29, 1.82) is 0 Å². The molecule has 1 aliphatic rings. The first-order valence-electron chi connectivity index (χ1n) is 9.69. The highest BCUT2D eigenvalue weighted by molar-refractivity contribution is 8.01.